The molecule has 0 saturated carbocycles. The Kier molecular flexibility index (Phi) is 3.47. The molecule has 0 fully saturated rings. The minimum Gasteiger partial charge on any atom is -0.268 e. The molecular weight excluding hydrogens is 266 g/mol. The molecule has 0 radical (unpaired) electrons. The van der Waals surface area contributed by atoms with Crippen LogP contribution in [0.25, 0.3) is 11.3 Å². The number of hydrogen-bond donors (Lipinski definition) is 0. The van der Waals surface area contributed by atoms with Crippen molar-refractivity contribution in [2.45, 2.75) is 6.54 Å². The van der Waals surface area contributed by atoms with Gasteiger partial charge in [0.2, 0.25) is 0 Å². The van der Waals surface area contributed by atoms with E-state index in [2.05, 4.69) is 5.10 Å². The Morgan fingerprint density at radius 2 is 1.86 bits per heavy atom. The van der Waals surface area contributed by atoms with Gasteiger partial charge in [-0.05, 0) is 11.6 Å². The molecule has 0 N–H and O–H groups in total. The Labute approximate surface area is 121 Å². The molecule has 5 nitrogen and oxygen atoms in total. The van der Waals surface area contributed by atoms with E-state index < -0.39 is 0 Å². The summed E-state index contributed by atoms with van der Waals surface area (Å²) >= 11 is 0. The molecule has 0 amide bonds. The zero-order valence-corrected chi connectivity index (χ0v) is 11.2. The first kappa shape index (κ1) is 13.1. The van der Waals surface area contributed by atoms with Gasteiger partial charge in [0.25, 0.3) is 5.69 Å². The molecule has 3 aromatic rings. The predicted molar refractivity (Wildman–Crippen MR) is 79.9 cm³/mol. The van der Waals surface area contributed by atoms with Gasteiger partial charge in [-0.2, -0.15) is 5.10 Å². The first-order chi connectivity index (χ1) is 10.2. The van der Waals surface area contributed by atoms with Crippen molar-refractivity contribution in [1.82, 2.24) is 9.78 Å². The summed E-state index contributed by atoms with van der Waals surface area (Å²) in [4.78, 5) is 10.4. The molecule has 1 heterocycles. The minimum atomic E-state index is -0.387. The van der Waals surface area contributed by atoms with Crippen LogP contribution in [0.5, 0.6) is 0 Å². The summed E-state index contributed by atoms with van der Waals surface area (Å²) in [5, 5.41) is 15.3. The number of benzene rings is 2. The van der Waals surface area contributed by atoms with Crippen LogP contribution in [-0.2, 0) is 6.54 Å². The summed E-state index contributed by atoms with van der Waals surface area (Å²) in [6.45, 7) is 0.508. The second-order valence-corrected chi connectivity index (χ2v) is 4.69. The fourth-order valence-electron chi connectivity index (χ4n) is 2.17. The molecule has 5 heteroatoms. The quantitative estimate of drug-likeness (QED) is 0.542. The second kappa shape index (κ2) is 5.58. The molecule has 0 saturated heterocycles. The Morgan fingerprint density at radius 3 is 2.62 bits per heavy atom. The minimum absolute atomic E-state index is 0.0999. The molecule has 21 heavy (non-hydrogen) atoms. The molecule has 0 aliphatic carbocycles. The SMILES string of the molecule is O=[N+]([O-])c1cccc(Cn2ccc(-c3ccccc3)n2)c1. The molecule has 2 aromatic carbocycles. The first-order valence-electron chi connectivity index (χ1n) is 6.54. The van der Waals surface area contributed by atoms with E-state index in [0.717, 1.165) is 16.8 Å². The molecule has 104 valence electrons. The van der Waals surface area contributed by atoms with Gasteiger partial charge in [0.05, 0.1) is 17.2 Å². The van der Waals surface area contributed by atoms with E-state index in [4.69, 9.17) is 0 Å². The Morgan fingerprint density at radius 1 is 1.05 bits per heavy atom. The van der Waals surface area contributed by atoms with Crippen molar-refractivity contribution in [3.63, 3.8) is 0 Å². The number of non-ortho nitro benzene ring substituents is 1. The highest BCUT2D eigenvalue weighted by molar-refractivity contribution is 5.58. The number of nitrogens with zero attached hydrogens (tertiary/aromatic N) is 3. The molecular formula is C16H13N3O2. The molecule has 0 atom stereocenters. The molecule has 0 spiro atoms. The van der Waals surface area contributed by atoms with Crippen molar-refractivity contribution in [1.29, 1.82) is 0 Å². The summed E-state index contributed by atoms with van der Waals surface area (Å²) in [6, 6.07) is 18.4. The molecule has 1 aromatic heterocycles. The predicted octanol–water partition coefficient (Wildman–Crippen LogP) is 3.51. The van der Waals surface area contributed by atoms with Gasteiger partial charge < -0.3 is 0 Å². The Bertz CT molecular complexity index is 766. The third-order valence-corrected chi connectivity index (χ3v) is 3.18. The van der Waals surface area contributed by atoms with Crippen molar-refractivity contribution in [3.05, 3.63) is 82.5 Å². The molecule has 3 rings (SSSR count). The van der Waals surface area contributed by atoms with Crippen molar-refractivity contribution in [3.8, 4) is 11.3 Å². The number of nitro groups is 1. The maximum absolute atomic E-state index is 10.8. The number of aromatic nitrogens is 2. The van der Waals surface area contributed by atoms with E-state index in [1.807, 2.05) is 48.7 Å². The Hall–Kier alpha value is -2.95. The molecule has 0 aliphatic heterocycles. The van der Waals surface area contributed by atoms with Gasteiger partial charge in [-0.15, -0.1) is 0 Å². The van der Waals surface area contributed by atoms with Crippen LogP contribution >= 0.6 is 0 Å². The molecule has 0 unspecified atom stereocenters. The van der Waals surface area contributed by atoms with E-state index in [-0.39, 0.29) is 10.6 Å². The maximum Gasteiger partial charge on any atom is 0.269 e. The van der Waals surface area contributed by atoms with Crippen molar-refractivity contribution in [2.75, 3.05) is 0 Å². The average Bonchev–Trinajstić information content (AvgIpc) is 2.97. The zero-order chi connectivity index (χ0) is 14.7. The monoisotopic (exact) mass is 279 g/mol. The number of hydrogen-bond acceptors (Lipinski definition) is 3. The lowest BCUT2D eigenvalue weighted by molar-refractivity contribution is -0.384. The third-order valence-electron chi connectivity index (χ3n) is 3.18. The second-order valence-electron chi connectivity index (χ2n) is 4.69. The standard InChI is InChI=1S/C16H13N3O2/c20-19(21)15-8-4-5-13(11-15)12-18-10-9-16(17-18)14-6-2-1-3-7-14/h1-11H,12H2. The zero-order valence-electron chi connectivity index (χ0n) is 11.2. The van der Waals surface area contributed by atoms with Gasteiger partial charge >= 0.3 is 0 Å². The first-order valence-corrected chi connectivity index (χ1v) is 6.54. The van der Waals surface area contributed by atoms with Crippen molar-refractivity contribution >= 4 is 5.69 Å². The van der Waals surface area contributed by atoms with Crippen LogP contribution in [-0.4, -0.2) is 14.7 Å². The van der Waals surface area contributed by atoms with E-state index in [9.17, 15) is 10.1 Å². The van der Waals surface area contributed by atoms with Crippen LogP contribution in [0.4, 0.5) is 5.69 Å². The summed E-state index contributed by atoms with van der Waals surface area (Å²) < 4.78 is 1.78. The van der Waals surface area contributed by atoms with Gasteiger partial charge in [0.1, 0.15) is 0 Å². The topological polar surface area (TPSA) is 61.0 Å². The van der Waals surface area contributed by atoms with Gasteiger partial charge in [0.15, 0.2) is 0 Å². The van der Waals surface area contributed by atoms with Crippen LogP contribution in [0.3, 0.4) is 0 Å². The third kappa shape index (κ3) is 2.97. The van der Waals surface area contributed by atoms with Crippen LogP contribution in [0.2, 0.25) is 0 Å². The highest BCUT2D eigenvalue weighted by atomic mass is 16.6. The van der Waals surface area contributed by atoms with Crippen LogP contribution in [0.15, 0.2) is 66.9 Å². The van der Waals surface area contributed by atoms with Gasteiger partial charge in [-0.3, -0.25) is 14.8 Å². The van der Waals surface area contributed by atoms with Crippen LogP contribution in [0.1, 0.15) is 5.56 Å². The fourth-order valence-corrected chi connectivity index (χ4v) is 2.17. The lowest BCUT2D eigenvalue weighted by Crippen LogP contribution is -2.01. The highest BCUT2D eigenvalue weighted by Crippen LogP contribution is 2.17. The molecule has 0 bridgehead atoms. The largest absolute Gasteiger partial charge is 0.269 e. The normalized spacial score (nSPS) is 10.5. The Balaban J connectivity index is 1.82. The van der Waals surface area contributed by atoms with E-state index in [1.165, 1.54) is 6.07 Å². The summed E-state index contributed by atoms with van der Waals surface area (Å²) in [7, 11) is 0. The smallest absolute Gasteiger partial charge is 0.268 e. The van der Waals surface area contributed by atoms with Crippen LogP contribution < -0.4 is 0 Å². The summed E-state index contributed by atoms with van der Waals surface area (Å²) in [5.41, 5.74) is 2.89. The van der Waals surface area contributed by atoms with Gasteiger partial charge in [-0.25, -0.2) is 0 Å². The van der Waals surface area contributed by atoms with E-state index in [1.54, 1.807) is 16.8 Å². The summed E-state index contributed by atoms with van der Waals surface area (Å²) in [6.07, 6.45) is 1.88. The van der Waals surface area contributed by atoms with Crippen molar-refractivity contribution in [2.24, 2.45) is 0 Å². The lowest BCUT2D eigenvalue weighted by atomic mass is 10.2. The molecule has 0 aliphatic rings. The van der Waals surface area contributed by atoms with E-state index >= 15 is 0 Å². The number of nitro benzene ring substituents is 1. The van der Waals surface area contributed by atoms with Gasteiger partial charge in [-0.1, -0.05) is 42.5 Å². The van der Waals surface area contributed by atoms with Crippen molar-refractivity contribution < 1.29 is 4.92 Å². The van der Waals surface area contributed by atoms with E-state index in [0.29, 0.717) is 6.54 Å². The van der Waals surface area contributed by atoms with Gasteiger partial charge in [0, 0.05) is 23.9 Å². The lowest BCUT2D eigenvalue weighted by Gasteiger charge is -2.02. The van der Waals surface area contributed by atoms with Crippen LogP contribution in [0, 0.1) is 10.1 Å². The maximum atomic E-state index is 10.8. The highest BCUT2D eigenvalue weighted by Gasteiger charge is 2.07. The summed E-state index contributed by atoms with van der Waals surface area (Å²) in [5.74, 6) is 0. The average molecular weight is 279 g/mol. The number of rotatable bonds is 4. The fraction of sp³-hybridized carbons (Fsp3) is 0.0625.